The summed E-state index contributed by atoms with van der Waals surface area (Å²) in [4.78, 5) is 8.86. The van der Waals surface area contributed by atoms with Crippen molar-refractivity contribution in [2.24, 2.45) is 4.99 Å². The van der Waals surface area contributed by atoms with Gasteiger partial charge in [-0.25, -0.2) is 4.39 Å². The zero-order chi connectivity index (χ0) is 19.1. The molecule has 0 amide bonds. The molecule has 0 aliphatic carbocycles. The van der Waals surface area contributed by atoms with Gasteiger partial charge in [0.2, 0.25) is 0 Å². The van der Waals surface area contributed by atoms with Gasteiger partial charge < -0.3 is 20.4 Å². The summed E-state index contributed by atoms with van der Waals surface area (Å²) in [6.07, 6.45) is 2.43. The highest BCUT2D eigenvalue weighted by Gasteiger charge is 2.19. The molecule has 2 aliphatic heterocycles. The number of anilines is 1. The molecule has 2 saturated heterocycles. The molecule has 0 aromatic heterocycles. The maximum absolute atomic E-state index is 14.7. The Bertz CT molecular complexity index is 631. The predicted molar refractivity (Wildman–Crippen MR) is 130 cm³/mol. The standard InChI is InChI=1S/C20H32FN5S.HI/c1-3-25-8-10-26(11-9-25)19-7-6-16(13-18(19)21)14-23-20(22-2)24-17-5-4-12-27-15-17;/h6-7,13,17H,3-5,8-12,14-15H2,1-2H3,(H2,22,23,24);1H. The van der Waals surface area contributed by atoms with Crippen LogP contribution in [0.5, 0.6) is 0 Å². The fourth-order valence-electron chi connectivity index (χ4n) is 3.65. The van der Waals surface area contributed by atoms with Crippen LogP contribution >= 0.6 is 35.7 Å². The second-order valence-corrected chi connectivity index (χ2v) is 8.34. The van der Waals surface area contributed by atoms with Crippen molar-refractivity contribution in [3.8, 4) is 0 Å². The van der Waals surface area contributed by atoms with Gasteiger partial charge in [-0.1, -0.05) is 13.0 Å². The van der Waals surface area contributed by atoms with Crippen LogP contribution in [0.2, 0.25) is 0 Å². The molecular weight excluding hydrogens is 488 g/mol. The lowest BCUT2D eigenvalue weighted by molar-refractivity contribution is 0.270. The zero-order valence-electron chi connectivity index (χ0n) is 16.9. The van der Waals surface area contributed by atoms with E-state index in [1.165, 1.54) is 18.6 Å². The quantitative estimate of drug-likeness (QED) is 0.354. The lowest BCUT2D eigenvalue weighted by Gasteiger charge is -2.35. The van der Waals surface area contributed by atoms with Gasteiger partial charge in [-0.2, -0.15) is 11.8 Å². The molecule has 5 nitrogen and oxygen atoms in total. The van der Waals surface area contributed by atoms with Crippen LogP contribution in [0.4, 0.5) is 10.1 Å². The van der Waals surface area contributed by atoms with Crippen molar-refractivity contribution in [2.45, 2.75) is 32.4 Å². The van der Waals surface area contributed by atoms with Gasteiger partial charge in [-0.3, -0.25) is 4.99 Å². The van der Waals surface area contributed by atoms with E-state index < -0.39 is 0 Å². The monoisotopic (exact) mass is 521 g/mol. The van der Waals surface area contributed by atoms with Crippen LogP contribution in [-0.2, 0) is 6.54 Å². The number of nitrogens with one attached hydrogen (secondary N) is 2. The second-order valence-electron chi connectivity index (χ2n) is 7.19. The summed E-state index contributed by atoms with van der Waals surface area (Å²) in [6, 6.07) is 6.05. The predicted octanol–water partition coefficient (Wildman–Crippen LogP) is 3.15. The summed E-state index contributed by atoms with van der Waals surface area (Å²) in [5.41, 5.74) is 1.65. The minimum atomic E-state index is -0.133. The summed E-state index contributed by atoms with van der Waals surface area (Å²) in [7, 11) is 1.78. The van der Waals surface area contributed by atoms with Crippen molar-refractivity contribution in [1.29, 1.82) is 0 Å². The van der Waals surface area contributed by atoms with Crippen LogP contribution in [-0.4, -0.2) is 68.2 Å². The number of aliphatic imine (C=N–C) groups is 1. The van der Waals surface area contributed by atoms with Gasteiger partial charge in [0.25, 0.3) is 0 Å². The Morgan fingerprint density at radius 3 is 2.68 bits per heavy atom. The molecular formula is C20H33FIN5S. The lowest BCUT2D eigenvalue weighted by Crippen LogP contribution is -2.46. The van der Waals surface area contributed by atoms with Crippen LogP contribution < -0.4 is 15.5 Å². The molecule has 0 bridgehead atoms. The number of piperazine rings is 1. The number of hydrogen-bond acceptors (Lipinski definition) is 4. The highest BCUT2D eigenvalue weighted by Crippen LogP contribution is 2.22. The summed E-state index contributed by atoms with van der Waals surface area (Å²) < 4.78 is 14.7. The molecule has 1 aromatic carbocycles. The molecule has 2 fully saturated rings. The highest BCUT2D eigenvalue weighted by atomic mass is 127. The van der Waals surface area contributed by atoms with E-state index in [2.05, 4.69) is 32.3 Å². The molecule has 3 rings (SSSR count). The zero-order valence-corrected chi connectivity index (χ0v) is 20.1. The van der Waals surface area contributed by atoms with Crippen LogP contribution in [0.25, 0.3) is 0 Å². The first-order valence-electron chi connectivity index (χ1n) is 10.00. The van der Waals surface area contributed by atoms with E-state index in [9.17, 15) is 4.39 Å². The average Bonchev–Trinajstić information content (AvgIpc) is 2.72. The number of halogens is 2. The SMILES string of the molecule is CCN1CCN(c2ccc(CNC(=NC)NC3CCCSC3)cc2F)CC1.I. The highest BCUT2D eigenvalue weighted by molar-refractivity contribution is 14.0. The minimum absolute atomic E-state index is 0. The Morgan fingerprint density at radius 1 is 1.29 bits per heavy atom. The number of nitrogens with zero attached hydrogens (tertiary/aromatic N) is 3. The van der Waals surface area contributed by atoms with Crippen LogP contribution in [0.15, 0.2) is 23.2 Å². The third-order valence-corrected chi connectivity index (χ3v) is 6.57. The fourth-order valence-corrected chi connectivity index (χ4v) is 4.72. The van der Waals surface area contributed by atoms with Gasteiger partial charge >= 0.3 is 0 Å². The molecule has 28 heavy (non-hydrogen) atoms. The number of likely N-dealkylation sites (N-methyl/N-ethyl adjacent to an activating group) is 1. The van der Waals surface area contributed by atoms with Crippen molar-refractivity contribution in [3.63, 3.8) is 0 Å². The Morgan fingerprint density at radius 2 is 2.07 bits per heavy atom. The molecule has 2 N–H and O–H groups in total. The van der Waals surface area contributed by atoms with E-state index in [-0.39, 0.29) is 29.8 Å². The van der Waals surface area contributed by atoms with Crippen molar-refractivity contribution in [1.82, 2.24) is 15.5 Å². The Balaban J connectivity index is 0.00000280. The number of hydrogen-bond donors (Lipinski definition) is 2. The van der Waals surface area contributed by atoms with Gasteiger partial charge in [0, 0.05) is 51.6 Å². The number of thioether (sulfide) groups is 1. The molecule has 2 heterocycles. The van der Waals surface area contributed by atoms with E-state index in [1.807, 2.05) is 23.9 Å². The van der Waals surface area contributed by atoms with E-state index in [1.54, 1.807) is 13.1 Å². The summed E-state index contributed by atoms with van der Waals surface area (Å²) in [5.74, 6) is 3.03. The topological polar surface area (TPSA) is 42.9 Å². The molecule has 0 radical (unpaired) electrons. The third-order valence-electron chi connectivity index (χ3n) is 5.36. The van der Waals surface area contributed by atoms with Gasteiger partial charge in [-0.05, 0) is 42.8 Å². The van der Waals surface area contributed by atoms with E-state index in [0.29, 0.717) is 12.6 Å². The van der Waals surface area contributed by atoms with Crippen LogP contribution in [0.1, 0.15) is 25.3 Å². The maximum atomic E-state index is 14.7. The summed E-state index contributed by atoms with van der Waals surface area (Å²) in [5, 5.41) is 6.79. The van der Waals surface area contributed by atoms with E-state index >= 15 is 0 Å². The maximum Gasteiger partial charge on any atom is 0.191 e. The molecule has 1 unspecified atom stereocenters. The van der Waals surface area contributed by atoms with Crippen LogP contribution in [0, 0.1) is 5.82 Å². The first kappa shape index (κ1) is 23.5. The Hall–Kier alpha value is -0.740. The lowest BCUT2D eigenvalue weighted by atomic mass is 10.1. The van der Waals surface area contributed by atoms with E-state index in [4.69, 9.17) is 0 Å². The van der Waals surface area contributed by atoms with Crippen molar-refractivity contribution in [2.75, 3.05) is 56.2 Å². The Kier molecular flexibility index (Phi) is 10.1. The fraction of sp³-hybridized carbons (Fsp3) is 0.650. The van der Waals surface area contributed by atoms with Crippen molar-refractivity contribution < 1.29 is 4.39 Å². The third kappa shape index (κ3) is 6.66. The summed E-state index contributed by atoms with van der Waals surface area (Å²) in [6.45, 7) is 7.59. The van der Waals surface area contributed by atoms with Crippen molar-refractivity contribution in [3.05, 3.63) is 29.6 Å². The van der Waals surface area contributed by atoms with Gasteiger partial charge in [0.15, 0.2) is 5.96 Å². The molecule has 158 valence electrons. The molecule has 1 atom stereocenters. The molecule has 8 heteroatoms. The smallest absolute Gasteiger partial charge is 0.191 e. The Labute approximate surface area is 189 Å². The summed E-state index contributed by atoms with van der Waals surface area (Å²) >= 11 is 1.99. The number of guanidine groups is 1. The second kappa shape index (κ2) is 12.1. The van der Waals surface area contributed by atoms with E-state index in [0.717, 1.165) is 55.7 Å². The average molecular weight is 521 g/mol. The molecule has 1 aromatic rings. The number of rotatable bonds is 5. The molecule has 0 saturated carbocycles. The normalized spacial score (nSPS) is 21.2. The van der Waals surface area contributed by atoms with Crippen molar-refractivity contribution >= 4 is 47.4 Å². The first-order valence-corrected chi connectivity index (χ1v) is 11.2. The number of benzene rings is 1. The van der Waals surface area contributed by atoms with Gasteiger partial charge in [-0.15, -0.1) is 24.0 Å². The van der Waals surface area contributed by atoms with Gasteiger partial charge in [0.05, 0.1) is 5.69 Å². The largest absolute Gasteiger partial charge is 0.367 e. The van der Waals surface area contributed by atoms with Crippen LogP contribution in [0.3, 0.4) is 0 Å². The molecule has 2 aliphatic rings. The molecule has 0 spiro atoms. The minimum Gasteiger partial charge on any atom is -0.367 e. The first-order chi connectivity index (χ1) is 13.2. The van der Waals surface area contributed by atoms with Gasteiger partial charge in [0.1, 0.15) is 5.82 Å².